The lowest BCUT2D eigenvalue weighted by Crippen LogP contribution is -2.34. The highest BCUT2D eigenvalue weighted by atomic mass is 19.4. The van der Waals surface area contributed by atoms with Gasteiger partial charge >= 0.3 is 6.18 Å². The van der Waals surface area contributed by atoms with Gasteiger partial charge in [-0.05, 0) is 32.6 Å². The number of fused-ring (bicyclic) bond motifs is 2. The van der Waals surface area contributed by atoms with Crippen molar-refractivity contribution in [1.82, 2.24) is 19.8 Å². The summed E-state index contributed by atoms with van der Waals surface area (Å²) >= 11 is 0. The Morgan fingerprint density at radius 1 is 1.24 bits per heavy atom. The second kappa shape index (κ2) is 7.82. The molecule has 2 aromatic heterocycles. The lowest BCUT2D eigenvalue weighted by atomic mass is 10.1. The minimum absolute atomic E-state index is 0.0207. The van der Waals surface area contributed by atoms with Gasteiger partial charge in [-0.25, -0.2) is 4.98 Å². The molecule has 154 valence electrons. The zero-order valence-corrected chi connectivity index (χ0v) is 16.3. The molecule has 0 aliphatic heterocycles. The highest BCUT2D eigenvalue weighted by molar-refractivity contribution is 6.07. The van der Waals surface area contributed by atoms with E-state index in [-0.39, 0.29) is 16.5 Å². The number of hydrogen-bond donors (Lipinski definition) is 1. The van der Waals surface area contributed by atoms with Crippen LogP contribution in [0.4, 0.5) is 13.2 Å². The third kappa shape index (κ3) is 4.56. The van der Waals surface area contributed by atoms with Gasteiger partial charge in [-0.1, -0.05) is 18.2 Å². The molecule has 0 fully saturated rings. The molecule has 0 saturated carbocycles. The standard InChI is InChI=1S/C20H21F3N4O2/c1-12-5-4-6-13-9-14-17(25-16(12)13)15(18(28)24-7-8-26(2)3)10-27(19(14)29)11-20(21,22)23/h4-6,9-10H,7-8,11H2,1-3H3,(H,24,28). The van der Waals surface area contributed by atoms with Gasteiger partial charge in [-0.3, -0.25) is 9.59 Å². The maximum atomic E-state index is 13.0. The molecule has 29 heavy (non-hydrogen) atoms. The van der Waals surface area contributed by atoms with E-state index in [1.165, 1.54) is 6.07 Å². The van der Waals surface area contributed by atoms with E-state index >= 15 is 0 Å². The second-order valence-corrected chi connectivity index (χ2v) is 7.18. The number of pyridine rings is 2. The number of aryl methyl sites for hydroxylation is 1. The number of amides is 1. The lowest BCUT2D eigenvalue weighted by molar-refractivity contribution is -0.141. The minimum Gasteiger partial charge on any atom is -0.351 e. The van der Waals surface area contributed by atoms with E-state index in [1.807, 2.05) is 32.0 Å². The molecular weight excluding hydrogens is 385 g/mol. The van der Waals surface area contributed by atoms with E-state index in [2.05, 4.69) is 10.3 Å². The van der Waals surface area contributed by atoms with Crippen LogP contribution >= 0.6 is 0 Å². The molecule has 0 unspecified atom stereocenters. The van der Waals surface area contributed by atoms with E-state index in [4.69, 9.17) is 0 Å². The first kappa shape index (κ1) is 20.8. The van der Waals surface area contributed by atoms with Crippen LogP contribution in [-0.2, 0) is 6.54 Å². The van der Waals surface area contributed by atoms with Crippen molar-refractivity contribution >= 4 is 27.7 Å². The van der Waals surface area contributed by atoms with Crippen LogP contribution in [0.1, 0.15) is 15.9 Å². The summed E-state index contributed by atoms with van der Waals surface area (Å²) in [6.45, 7) is 1.22. The molecule has 1 aromatic carbocycles. The van der Waals surface area contributed by atoms with Gasteiger partial charge in [-0.2, -0.15) is 13.2 Å². The number of para-hydroxylation sites is 1. The van der Waals surface area contributed by atoms with Crippen LogP contribution < -0.4 is 10.9 Å². The number of benzene rings is 1. The maximum Gasteiger partial charge on any atom is 0.406 e. The molecule has 6 nitrogen and oxygen atoms in total. The van der Waals surface area contributed by atoms with Gasteiger partial charge in [0.1, 0.15) is 6.54 Å². The van der Waals surface area contributed by atoms with Crippen LogP contribution in [0.15, 0.2) is 35.3 Å². The fourth-order valence-electron chi connectivity index (χ4n) is 3.11. The van der Waals surface area contributed by atoms with Crippen LogP contribution in [-0.4, -0.2) is 53.7 Å². The number of likely N-dealkylation sites (N-methyl/N-ethyl adjacent to an activating group) is 1. The van der Waals surface area contributed by atoms with Crippen LogP contribution in [0.2, 0.25) is 0 Å². The molecule has 0 aliphatic carbocycles. The summed E-state index contributed by atoms with van der Waals surface area (Å²) in [5.74, 6) is -0.576. The van der Waals surface area contributed by atoms with Crippen molar-refractivity contribution < 1.29 is 18.0 Å². The van der Waals surface area contributed by atoms with E-state index < -0.39 is 24.2 Å². The van der Waals surface area contributed by atoms with Gasteiger partial charge in [0.25, 0.3) is 11.5 Å². The number of carbonyl (C=O) groups is 1. The molecule has 0 atom stereocenters. The Morgan fingerprint density at radius 2 is 1.97 bits per heavy atom. The Balaban J connectivity index is 2.22. The Bertz CT molecular complexity index is 1140. The molecule has 3 aromatic rings. The van der Waals surface area contributed by atoms with Crippen molar-refractivity contribution in [3.63, 3.8) is 0 Å². The first-order valence-electron chi connectivity index (χ1n) is 9.00. The highest BCUT2D eigenvalue weighted by Gasteiger charge is 2.30. The van der Waals surface area contributed by atoms with E-state index in [0.717, 1.165) is 11.8 Å². The number of rotatable bonds is 5. The third-order valence-corrected chi connectivity index (χ3v) is 4.52. The number of alkyl halides is 3. The van der Waals surface area contributed by atoms with E-state index in [1.54, 1.807) is 12.1 Å². The van der Waals surface area contributed by atoms with Gasteiger partial charge in [0.2, 0.25) is 0 Å². The largest absolute Gasteiger partial charge is 0.406 e. The number of aromatic nitrogens is 2. The van der Waals surface area contributed by atoms with E-state index in [0.29, 0.717) is 28.6 Å². The van der Waals surface area contributed by atoms with Gasteiger partial charge in [0.05, 0.1) is 22.0 Å². The van der Waals surface area contributed by atoms with E-state index in [9.17, 15) is 22.8 Å². The summed E-state index contributed by atoms with van der Waals surface area (Å²) in [5, 5.41) is 3.28. The SMILES string of the molecule is Cc1cccc2cc3c(=O)n(CC(F)(F)F)cc(C(=O)NCCN(C)C)c3nc12. The van der Waals surface area contributed by atoms with Crippen LogP contribution in [0, 0.1) is 6.92 Å². The smallest absolute Gasteiger partial charge is 0.351 e. The average Bonchev–Trinajstić information content (AvgIpc) is 2.62. The summed E-state index contributed by atoms with van der Waals surface area (Å²) in [4.78, 5) is 31.8. The highest BCUT2D eigenvalue weighted by Crippen LogP contribution is 2.24. The molecule has 0 aliphatic rings. The summed E-state index contributed by atoms with van der Waals surface area (Å²) in [6.07, 6.45) is -3.66. The second-order valence-electron chi connectivity index (χ2n) is 7.18. The molecule has 1 amide bonds. The van der Waals surface area contributed by atoms with Crippen molar-refractivity contribution in [3.05, 3.63) is 51.9 Å². The molecule has 0 saturated heterocycles. The van der Waals surface area contributed by atoms with Gasteiger partial charge in [-0.15, -0.1) is 0 Å². The number of nitrogens with one attached hydrogen (secondary N) is 1. The molecule has 2 heterocycles. The molecule has 1 N–H and O–H groups in total. The molecule has 3 rings (SSSR count). The summed E-state index contributed by atoms with van der Waals surface area (Å²) in [7, 11) is 3.67. The fourth-order valence-corrected chi connectivity index (χ4v) is 3.11. The summed E-state index contributed by atoms with van der Waals surface area (Å²) in [6, 6.07) is 6.84. The lowest BCUT2D eigenvalue weighted by Gasteiger charge is -2.15. The zero-order chi connectivity index (χ0) is 21.3. The Hall–Kier alpha value is -2.94. The molecule has 9 heteroatoms. The average molecular weight is 406 g/mol. The third-order valence-electron chi connectivity index (χ3n) is 4.52. The molecular formula is C20H21F3N4O2. The number of carbonyl (C=O) groups excluding carboxylic acids is 1. The van der Waals surface area contributed by atoms with Gasteiger partial charge in [0, 0.05) is 24.7 Å². The zero-order valence-electron chi connectivity index (χ0n) is 16.3. The van der Waals surface area contributed by atoms with Gasteiger partial charge < -0.3 is 14.8 Å². The van der Waals surface area contributed by atoms with Crippen LogP contribution in [0.25, 0.3) is 21.8 Å². The molecule has 0 spiro atoms. The first-order chi connectivity index (χ1) is 13.6. The summed E-state index contributed by atoms with van der Waals surface area (Å²) in [5.41, 5.74) is 0.626. The van der Waals surface area contributed by atoms with Crippen LogP contribution in [0.5, 0.6) is 0 Å². The predicted octanol–water partition coefficient (Wildman–Crippen LogP) is 2.71. The first-order valence-corrected chi connectivity index (χ1v) is 9.00. The topological polar surface area (TPSA) is 67.2 Å². The van der Waals surface area contributed by atoms with Crippen molar-refractivity contribution in [2.45, 2.75) is 19.6 Å². The Morgan fingerprint density at radius 3 is 2.62 bits per heavy atom. The number of nitrogens with zero attached hydrogens (tertiary/aromatic N) is 3. The van der Waals surface area contributed by atoms with Crippen molar-refractivity contribution in [3.8, 4) is 0 Å². The normalized spacial score (nSPS) is 12.1. The molecule has 0 radical (unpaired) electrons. The maximum absolute atomic E-state index is 13.0. The van der Waals surface area contributed by atoms with Crippen molar-refractivity contribution in [1.29, 1.82) is 0 Å². The van der Waals surface area contributed by atoms with Crippen molar-refractivity contribution in [2.24, 2.45) is 0 Å². The van der Waals surface area contributed by atoms with Crippen molar-refractivity contribution in [2.75, 3.05) is 27.2 Å². The predicted molar refractivity (Wildman–Crippen MR) is 105 cm³/mol. The molecule has 0 bridgehead atoms. The number of hydrogen-bond acceptors (Lipinski definition) is 4. The summed E-state index contributed by atoms with van der Waals surface area (Å²) < 4.78 is 39.4. The monoisotopic (exact) mass is 406 g/mol. The quantitative estimate of drug-likeness (QED) is 0.662. The number of halogens is 3. The van der Waals surface area contributed by atoms with Crippen LogP contribution in [0.3, 0.4) is 0 Å². The fraction of sp³-hybridized carbons (Fsp3) is 0.350. The Kier molecular flexibility index (Phi) is 5.61. The minimum atomic E-state index is -4.60. The Labute approximate surface area is 164 Å². The van der Waals surface area contributed by atoms with Gasteiger partial charge in [0.15, 0.2) is 0 Å².